The van der Waals surface area contributed by atoms with Crippen LogP contribution in [0.25, 0.3) is 0 Å². The number of nitrogens with zero attached hydrogens (tertiary/aromatic N) is 3. The summed E-state index contributed by atoms with van der Waals surface area (Å²) in [5.41, 5.74) is 2.41. The van der Waals surface area contributed by atoms with Gasteiger partial charge < -0.3 is 4.90 Å². The highest BCUT2D eigenvalue weighted by Gasteiger charge is 2.30. The van der Waals surface area contributed by atoms with Crippen LogP contribution < -0.4 is 0 Å². The van der Waals surface area contributed by atoms with Crippen LogP contribution in [0.15, 0.2) is 53.4 Å². The third kappa shape index (κ3) is 4.43. The van der Waals surface area contributed by atoms with Gasteiger partial charge in [-0.2, -0.15) is 4.31 Å². The molecule has 0 radical (unpaired) electrons. The quantitative estimate of drug-likeness (QED) is 0.736. The van der Waals surface area contributed by atoms with E-state index in [4.69, 9.17) is 0 Å². The molecule has 7 heteroatoms. The number of hydrogen-bond acceptors (Lipinski definition) is 4. The van der Waals surface area contributed by atoms with Crippen molar-refractivity contribution in [3.8, 4) is 0 Å². The summed E-state index contributed by atoms with van der Waals surface area (Å²) < 4.78 is 27.6. The summed E-state index contributed by atoms with van der Waals surface area (Å²) in [5.74, 6) is -0.0905. The third-order valence-electron chi connectivity index (χ3n) is 6.03. The van der Waals surface area contributed by atoms with Crippen LogP contribution in [0.2, 0.25) is 0 Å². The molecule has 0 aliphatic carbocycles. The third-order valence-corrected chi connectivity index (χ3v) is 8.07. The van der Waals surface area contributed by atoms with Crippen molar-refractivity contribution >= 4 is 15.9 Å². The number of rotatable bonds is 5. The van der Waals surface area contributed by atoms with Crippen molar-refractivity contribution in [1.82, 2.24) is 14.1 Å². The lowest BCUT2D eigenvalue weighted by Crippen LogP contribution is -2.48. The highest BCUT2D eigenvalue weighted by Crippen LogP contribution is 2.25. The van der Waals surface area contributed by atoms with Gasteiger partial charge in [0.05, 0.1) is 4.90 Å². The number of amides is 1. The summed E-state index contributed by atoms with van der Waals surface area (Å²) in [6.45, 7) is 6.70. The van der Waals surface area contributed by atoms with Crippen molar-refractivity contribution < 1.29 is 13.2 Å². The molecule has 2 aliphatic rings. The maximum atomic E-state index is 13.1. The fraction of sp³-hybridized carbons (Fsp3) is 0.435. The van der Waals surface area contributed by atoms with Gasteiger partial charge in [0.2, 0.25) is 10.0 Å². The zero-order valence-corrected chi connectivity index (χ0v) is 18.3. The summed E-state index contributed by atoms with van der Waals surface area (Å²) in [6, 6.07) is 15.4. The van der Waals surface area contributed by atoms with Gasteiger partial charge in [-0.1, -0.05) is 36.4 Å². The lowest BCUT2D eigenvalue weighted by Gasteiger charge is -2.35. The average Bonchev–Trinajstić information content (AvgIpc) is 3.31. The molecule has 0 atom stereocenters. The van der Waals surface area contributed by atoms with E-state index in [1.807, 2.05) is 23.1 Å². The maximum Gasteiger partial charge on any atom is 0.253 e. The lowest BCUT2D eigenvalue weighted by molar-refractivity contribution is 0.0628. The largest absolute Gasteiger partial charge is 0.336 e. The second kappa shape index (κ2) is 8.88. The van der Waals surface area contributed by atoms with Crippen molar-refractivity contribution in [2.75, 3.05) is 39.3 Å². The number of hydrogen-bond donors (Lipinski definition) is 0. The first kappa shape index (κ1) is 21.0. The second-order valence-corrected chi connectivity index (χ2v) is 10.1. The highest BCUT2D eigenvalue weighted by molar-refractivity contribution is 7.89. The van der Waals surface area contributed by atoms with E-state index < -0.39 is 10.0 Å². The molecule has 1 amide bonds. The molecule has 2 fully saturated rings. The predicted molar refractivity (Wildman–Crippen MR) is 117 cm³/mol. The van der Waals surface area contributed by atoms with Crippen LogP contribution >= 0.6 is 0 Å². The first-order valence-corrected chi connectivity index (χ1v) is 12.1. The Bertz CT molecular complexity index is 994. The van der Waals surface area contributed by atoms with E-state index >= 15 is 0 Å². The Morgan fingerprint density at radius 1 is 0.900 bits per heavy atom. The zero-order valence-electron chi connectivity index (χ0n) is 17.5. The lowest BCUT2D eigenvalue weighted by atomic mass is 10.1. The van der Waals surface area contributed by atoms with Crippen molar-refractivity contribution in [2.45, 2.75) is 31.2 Å². The Hall–Kier alpha value is -2.22. The van der Waals surface area contributed by atoms with E-state index in [0.717, 1.165) is 32.5 Å². The zero-order chi connectivity index (χ0) is 21.1. The molecule has 0 saturated carbocycles. The van der Waals surface area contributed by atoms with E-state index in [9.17, 15) is 13.2 Å². The molecule has 160 valence electrons. The second-order valence-electron chi connectivity index (χ2n) is 8.15. The van der Waals surface area contributed by atoms with Gasteiger partial charge in [0.15, 0.2) is 0 Å². The van der Waals surface area contributed by atoms with Gasteiger partial charge in [-0.25, -0.2) is 8.42 Å². The minimum atomic E-state index is -3.55. The van der Waals surface area contributed by atoms with Crippen LogP contribution in [0.4, 0.5) is 0 Å². The fourth-order valence-corrected chi connectivity index (χ4v) is 5.98. The first-order valence-electron chi connectivity index (χ1n) is 10.6. The van der Waals surface area contributed by atoms with Gasteiger partial charge in [-0.15, -0.1) is 0 Å². The molecule has 4 rings (SSSR count). The first-order chi connectivity index (χ1) is 14.4. The monoisotopic (exact) mass is 427 g/mol. The normalized spacial score (nSPS) is 18.6. The van der Waals surface area contributed by atoms with Gasteiger partial charge in [0.25, 0.3) is 5.91 Å². The summed E-state index contributed by atoms with van der Waals surface area (Å²) >= 11 is 0. The number of sulfonamides is 1. The molecular weight excluding hydrogens is 398 g/mol. The minimum absolute atomic E-state index is 0.0905. The standard InChI is InChI=1S/C23H29N3O3S/c1-19-9-10-21(17-22(19)30(28,29)26-11-5-6-12-26)23(27)25-15-13-24(14-16-25)18-20-7-3-2-4-8-20/h2-4,7-10,17H,5-6,11-16,18H2,1H3. The molecule has 0 unspecified atom stereocenters. The Morgan fingerprint density at radius 3 is 2.23 bits per heavy atom. The molecule has 0 aromatic heterocycles. The molecule has 30 heavy (non-hydrogen) atoms. The van der Waals surface area contributed by atoms with E-state index in [0.29, 0.717) is 37.3 Å². The topological polar surface area (TPSA) is 60.9 Å². The summed E-state index contributed by atoms with van der Waals surface area (Å²) in [5, 5.41) is 0. The van der Waals surface area contributed by atoms with E-state index in [2.05, 4.69) is 17.0 Å². The molecule has 0 bridgehead atoms. The SMILES string of the molecule is Cc1ccc(C(=O)N2CCN(Cc3ccccc3)CC2)cc1S(=O)(=O)N1CCCC1. The van der Waals surface area contributed by atoms with Gasteiger partial charge >= 0.3 is 0 Å². The Balaban J connectivity index is 1.44. The van der Waals surface area contributed by atoms with Crippen LogP contribution in [0, 0.1) is 6.92 Å². The average molecular weight is 428 g/mol. The van der Waals surface area contributed by atoms with Gasteiger partial charge in [-0.05, 0) is 43.0 Å². The summed E-state index contributed by atoms with van der Waals surface area (Å²) in [6.07, 6.45) is 1.79. The number of carbonyl (C=O) groups excluding carboxylic acids is 1. The van der Waals surface area contributed by atoms with Gasteiger partial charge in [-0.3, -0.25) is 9.69 Å². The summed E-state index contributed by atoms with van der Waals surface area (Å²) in [7, 11) is -3.55. The fourth-order valence-electron chi connectivity index (χ4n) is 4.21. The van der Waals surface area contributed by atoms with Gasteiger partial charge in [0.1, 0.15) is 0 Å². The molecule has 2 aromatic rings. The number of benzene rings is 2. The number of piperazine rings is 1. The van der Waals surface area contributed by atoms with Crippen molar-refractivity contribution in [1.29, 1.82) is 0 Å². The molecule has 0 N–H and O–H groups in total. The van der Waals surface area contributed by atoms with Crippen LogP contribution in [0.1, 0.15) is 34.3 Å². The van der Waals surface area contributed by atoms with Crippen LogP contribution in [0.5, 0.6) is 0 Å². The van der Waals surface area contributed by atoms with Gasteiger partial charge in [0, 0.05) is 51.4 Å². The molecule has 0 spiro atoms. The smallest absolute Gasteiger partial charge is 0.253 e. The molecule has 2 saturated heterocycles. The molecule has 2 heterocycles. The predicted octanol–water partition coefficient (Wildman–Crippen LogP) is 2.74. The minimum Gasteiger partial charge on any atom is -0.336 e. The number of aryl methyl sites for hydroxylation is 1. The van der Waals surface area contributed by atoms with Crippen molar-refractivity contribution in [3.05, 3.63) is 65.2 Å². The maximum absolute atomic E-state index is 13.1. The number of carbonyl (C=O) groups is 1. The van der Waals surface area contributed by atoms with Crippen LogP contribution in [0.3, 0.4) is 0 Å². The van der Waals surface area contributed by atoms with Crippen molar-refractivity contribution in [2.24, 2.45) is 0 Å². The highest BCUT2D eigenvalue weighted by atomic mass is 32.2. The van der Waals surface area contributed by atoms with Crippen LogP contribution in [-0.2, 0) is 16.6 Å². The van der Waals surface area contributed by atoms with E-state index in [-0.39, 0.29) is 10.8 Å². The molecule has 2 aliphatic heterocycles. The Labute approximate surface area is 179 Å². The molecule has 6 nitrogen and oxygen atoms in total. The van der Waals surface area contributed by atoms with E-state index in [1.54, 1.807) is 25.1 Å². The van der Waals surface area contributed by atoms with Crippen LogP contribution in [-0.4, -0.2) is 67.7 Å². The molecular formula is C23H29N3O3S. The summed E-state index contributed by atoms with van der Waals surface area (Å²) in [4.78, 5) is 17.5. The Kier molecular flexibility index (Phi) is 6.22. The van der Waals surface area contributed by atoms with E-state index in [1.165, 1.54) is 9.87 Å². The van der Waals surface area contributed by atoms with Crippen molar-refractivity contribution in [3.63, 3.8) is 0 Å². The Morgan fingerprint density at radius 2 is 1.57 bits per heavy atom. The molecule has 2 aromatic carbocycles.